The van der Waals surface area contributed by atoms with Crippen molar-refractivity contribution in [2.75, 3.05) is 46.8 Å². The molecule has 1 aromatic carbocycles. The summed E-state index contributed by atoms with van der Waals surface area (Å²) in [6, 6.07) is 10.5. The number of carboxylic acids is 1. The Kier molecular flexibility index (Phi) is 7.36. The molecule has 3 aliphatic rings. The fraction of sp³-hybridized carbons (Fsp3) is 0.609. The van der Waals surface area contributed by atoms with Gasteiger partial charge in [-0.2, -0.15) is 13.2 Å². The number of aliphatic carboxylic acids is 1. The zero-order valence-electron chi connectivity index (χ0n) is 18.8. The summed E-state index contributed by atoms with van der Waals surface area (Å²) in [5.41, 5.74) is 0.906. The number of rotatable bonds is 5. The molecule has 10 heteroatoms. The third kappa shape index (κ3) is 5.85. The Bertz CT molecular complexity index is 873. The fourth-order valence-corrected chi connectivity index (χ4v) is 4.70. The van der Waals surface area contributed by atoms with Gasteiger partial charge in [0.1, 0.15) is 0 Å². The van der Waals surface area contributed by atoms with Crippen LogP contribution in [0.3, 0.4) is 0 Å². The van der Waals surface area contributed by atoms with Crippen LogP contribution in [0.2, 0.25) is 0 Å². The molecule has 33 heavy (non-hydrogen) atoms. The number of alkyl halides is 3. The molecular weight excluding hydrogens is 439 g/mol. The summed E-state index contributed by atoms with van der Waals surface area (Å²) in [6.07, 6.45) is -1.57. The van der Waals surface area contributed by atoms with E-state index in [0.29, 0.717) is 6.54 Å². The predicted molar refractivity (Wildman–Crippen MR) is 114 cm³/mol. The van der Waals surface area contributed by atoms with Gasteiger partial charge in [0.15, 0.2) is 0 Å². The van der Waals surface area contributed by atoms with E-state index in [-0.39, 0.29) is 29.7 Å². The topological polar surface area (TPSA) is 81.2 Å². The summed E-state index contributed by atoms with van der Waals surface area (Å²) < 4.78 is 31.7. The lowest BCUT2D eigenvalue weighted by atomic mass is 9.73. The second-order valence-corrected chi connectivity index (χ2v) is 9.32. The number of halogens is 3. The van der Waals surface area contributed by atoms with Gasteiger partial charge in [-0.3, -0.25) is 9.59 Å². The van der Waals surface area contributed by atoms with Crippen molar-refractivity contribution in [1.82, 2.24) is 14.7 Å². The van der Waals surface area contributed by atoms with Crippen LogP contribution in [0, 0.1) is 11.3 Å². The smallest absolute Gasteiger partial charge is 0.475 e. The van der Waals surface area contributed by atoms with Gasteiger partial charge in [0, 0.05) is 46.2 Å². The van der Waals surface area contributed by atoms with Crippen molar-refractivity contribution in [3.05, 3.63) is 35.9 Å². The maximum Gasteiger partial charge on any atom is 0.490 e. The molecule has 1 spiro atoms. The van der Waals surface area contributed by atoms with Gasteiger partial charge in [-0.1, -0.05) is 30.3 Å². The van der Waals surface area contributed by atoms with E-state index in [4.69, 9.17) is 9.90 Å². The van der Waals surface area contributed by atoms with Crippen LogP contribution in [0.5, 0.6) is 0 Å². The fourth-order valence-electron chi connectivity index (χ4n) is 4.70. The molecule has 0 bridgehead atoms. The van der Waals surface area contributed by atoms with Gasteiger partial charge in [0.25, 0.3) is 0 Å². The SMILES string of the molecule is CN(C)C(=O)CN1CC[C@]2(CN(CC3CC3)C[C@H]2c2ccccc2)C1=O.O=C(O)C(F)(F)F. The summed E-state index contributed by atoms with van der Waals surface area (Å²) in [5, 5.41) is 7.12. The highest BCUT2D eigenvalue weighted by molar-refractivity contribution is 5.90. The number of amides is 2. The quantitative estimate of drug-likeness (QED) is 0.717. The van der Waals surface area contributed by atoms with Gasteiger partial charge in [-0.15, -0.1) is 0 Å². The molecule has 7 nitrogen and oxygen atoms in total. The molecule has 4 rings (SSSR count). The van der Waals surface area contributed by atoms with Crippen LogP contribution in [0.15, 0.2) is 30.3 Å². The monoisotopic (exact) mass is 469 g/mol. The Morgan fingerprint density at radius 1 is 1.18 bits per heavy atom. The highest BCUT2D eigenvalue weighted by Gasteiger charge is 2.57. The minimum Gasteiger partial charge on any atom is -0.475 e. The predicted octanol–water partition coefficient (Wildman–Crippen LogP) is 2.44. The standard InChI is InChI=1S/C21H29N3O2.C2HF3O2/c1-22(2)19(25)14-24-11-10-21(20(24)26)15-23(12-16-8-9-16)13-18(21)17-6-4-3-5-7-17;3-2(4,5)1(6)7/h3-7,16,18H,8-15H2,1-2H3;(H,6,7)/t18-,21+;/m0./s1. The molecule has 1 aromatic rings. The first-order valence-electron chi connectivity index (χ1n) is 11.0. The molecule has 0 radical (unpaired) electrons. The molecule has 2 atom stereocenters. The third-order valence-electron chi connectivity index (χ3n) is 6.64. The number of likely N-dealkylation sites (N-methyl/N-ethyl adjacent to an activating group) is 1. The first-order valence-corrected chi connectivity index (χ1v) is 11.0. The Morgan fingerprint density at radius 3 is 2.30 bits per heavy atom. The number of nitrogens with zero attached hydrogens (tertiary/aromatic N) is 3. The molecule has 0 unspecified atom stereocenters. The minimum absolute atomic E-state index is 0.000468. The number of carboxylic acid groups (broad SMARTS) is 1. The van der Waals surface area contributed by atoms with E-state index >= 15 is 0 Å². The average molecular weight is 470 g/mol. The van der Waals surface area contributed by atoms with Crippen molar-refractivity contribution in [2.45, 2.75) is 31.4 Å². The van der Waals surface area contributed by atoms with Crippen molar-refractivity contribution in [3.8, 4) is 0 Å². The summed E-state index contributed by atoms with van der Waals surface area (Å²) in [7, 11) is 3.50. The average Bonchev–Trinajstić information content (AvgIpc) is 3.42. The largest absolute Gasteiger partial charge is 0.490 e. The Balaban J connectivity index is 0.000000383. The van der Waals surface area contributed by atoms with Gasteiger partial charge in [-0.05, 0) is 30.7 Å². The molecule has 1 aliphatic carbocycles. The van der Waals surface area contributed by atoms with Crippen LogP contribution >= 0.6 is 0 Å². The van der Waals surface area contributed by atoms with Crippen LogP contribution in [-0.2, 0) is 14.4 Å². The summed E-state index contributed by atoms with van der Waals surface area (Å²) >= 11 is 0. The van der Waals surface area contributed by atoms with Crippen LogP contribution < -0.4 is 0 Å². The third-order valence-corrected chi connectivity index (χ3v) is 6.64. The second kappa shape index (κ2) is 9.70. The number of hydrogen-bond donors (Lipinski definition) is 1. The molecule has 1 saturated carbocycles. The molecular formula is C23H30F3N3O4. The van der Waals surface area contributed by atoms with E-state index in [2.05, 4.69) is 29.2 Å². The summed E-state index contributed by atoms with van der Waals surface area (Å²) in [4.78, 5) is 40.3. The van der Waals surface area contributed by atoms with Gasteiger partial charge < -0.3 is 19.8 Å². The van der Waals surface area contributed by atoms with Gasteiger partial charge >= 0.3 is 12.1 Å². The lowest BCUT2D eigenvalue weighted by Gasteiger charge is -2.29. The minimum atomic E-state index is -5.08. The zero-order valence-corrected chi connectivity index (χ0v) is 18.8. The van der Waals surface area contributed by atoms with E-state index < -0.39 is 12.1 Å². The molecule has 3 fully saturated rings. The van der Waals surface area contributed by atoms with Crippen molar-refractivity contribution in [1.29, 1.82) is 0 Å². The number of carbonyl (C=O) groups is 3. The first kappa shape index (κ1) is 25.0. The normalized spacial score (nSPS) is 25.2. The van der Waals surface area contributed by atoms with E-state index in [0.717, 1.165) is 32.0 Å². The Hall–Kier alpha value is -2.62. The Labute approximate surface area is 191 Å². The van der Waals surface area contributed by atoms with Crippen LogP contribution in [0.25, 0.3) is 0 Å². The molecule has 1 N–H and O–H groups in total. The zero-order chi connectivity index (χ0) is 24.4. The van der Waals surface area contributed by atoms with Crippen molar-refractivity contribution in [2.24, 2.45) is 11.3 Å². The first-order chi connectivity index (χ1) is 15.4. The lowest BCUT2D eigenvalue weighted by molar-refractivity contribution is -0.192. The van der Waals surface area contributed by atoms with E-state index in [1.54, 1.807) is 23.9 Å². The molecule has 2 aliphatic heterocycles. The Morgan fingerprint density at radius 2 is 1.79 bits per heavy atom. The van der Waals surface area contributed by atoms with Crippen molar-refractivity contribution >= 4 is 17.8 Å². The van der Waals surface area contributed by atoms with Gasteiger partial charge in [0.05, 0.1) is 12.0 Å². The molecule has 2 saturated heterocycles. The molecule has 2 heterocycles. The van der Waals surface area contributed by atoms with E-state index in [9.17, 15) is 22.8 Å². The van der Waals surface area contributed by atoms with Crippen molar-refractivity contribution in [3.63, 3.8) is 0 Å². The molecule has 2 amide bonds. The number of hydrogen-bond acceptors (Lipinski definition) is 4. The maximum atomic E-state index is 13.4. The van der Waals surface area contributed by atoms with Gasteiger partial charge in [0.2, 0.25) is 11.8 Å². The number of benzene rings is 1. The molecule has 0 aromatic heterocycles. The van der Waals surface area contributed by atoms with Crippen molar-refractivity contribution < 1.29 is 32.7 Å². The number of likely N-dealkylation sites (tertiary alicyclic amines) is 2. The molecule has 182 valence electrons. The second-order valence-electron chi connectivity index (χ2n) is 9.32. The lowest BCUT2D eigenvalue weighted by Crippen LogP contribution is -2.43. The van der Waals surface area contributed by atoms with Gasteiger partial charge in [-0.25, -0.2) is 4.79 Å². The summed E-state index contributed by atoms with van der Waals surface area (Å²) in [6.45, 7) is 3.82. The van der Waals surface area contributed by atoms with E-state index in [1.807, 2.05) is 6.07 Å². The van der Waals surface area contributed by atoms with Crippen LogP contribution in [0.1, 0.15) is 30.7 Å². The van der Waals surface area contributed by atoms with Crippen LogP contribution in [-0.4, -0.2) is 90.6 Å². The number of carbonyl (C=O) groups excluding carboxylic acids is 2. The summed E-state index contributed by atoms with van der Waals surface area (Å²) in [5.74, 6) is -1.52. The van der Waals surface area contributed by atoms with Crippen LogP contribution in [0.4, 0.5) is 13.2 Å². The highest BCUT2D eigenvalue weighted by atomic mass is 19.4. The maximum absolute atomic E-state index is 13.4. The highest BCUT2D eigenvalue weighted by Crippen LogP contribution is 2.50. The van der Waals surface area contributed by atoms with E-state index in [1.165, 1.54) is 18.4 Å².